The summed E-state index contributed by atoms with van der Waals surface area (Å²) < 4.78 is 22.6. The van der Waals surface area contributed by atoms with Gasteiger partial charge in [-0.2, -0.15) is 0 Å². The van der Waals surface area contributed by atoms with E-state index >= 15 is 0 Å². The molecule has 0 saturated carbocycles. The van der Waals surface area contributed by atoms with E-state index in [-0.39, 0.29) is 12.4 Å². The summed E-state index contributed by atoms with van der Waals surface area (Å²) in [6, 6.07) is 8.14. The molecule has 2 aliphatic heterocycles. The Morgan fingerprint density at radius 1 is 1.03 bits per heavy atom. The Morgan fingerprint density at radius 3 is 2.69 bits per heavy atom. The summed E-state index contributed by atoms with van der Waals surface area (Å²) in [5.41, 5.74) is 5.27. The Kier molecular flexibility index (Phi) is 4.24. The highest BCUT2D eigenvalue weighted by molar-refractivity contribution is 5.87. The van der Waals surface area contributed by atoms with Gasteiger partial charge in [-0.05, 0) is 49.6 Å². The Labute approximate surface area is 168 Å². The Balaban J connectivity index is 1.49. The highest BCUT2D eigenvalue weighted by Crippen LogP contribution is 2.37. The molecule has 3 heterocycles. The SMILES string of the molecule is CCc1c(C)c2cc3c(c(C)c2oc1=O)OCN(Cc1ccc2c(c1)OCO2)C3. The molecule has 1 aromatic heterocycles. The molecule has 0 saturated heterocycles. The Morgan fingerprint density at radius 2 is 1.86 bits per heavy atom. The van der Waals surface area contributed by atoms with Crippen LogP contribution in [-0.4, -0.2) is 18.4 Å². The van der Waals surface area contributed by atoms with E-state index in [4.69, 9.17) is 18.6 Å². The van der Waals surface area contributed by atoms with E-state index in [0.717, 1.165) is 63.5 Å². The van der Waals surface area contributed by atoms with Crippen molar-refractivity contribution in [3.8, 4) is 17.2 Å². The molecule has 0 fully saturated rings. The lowest BCUT2D eigenvalue weighted by molar-refractivity contribution is 0.0880. The van der Waals surface area contributed by atoms with Gasteiger partial charge in [0.2, 0.25) is 6.79 Å². The van der Waals surface area contributed by atoms with Crippen LogP contribution in [-0.2, 0) is 19.5 Å². The van der Waals surface area contributed by atoms with E-state index < -0.39 is 0 Å². The summed E-state index contributed by atoms with van der Waals surface area (Å²) in [5, 5.41) is 0.992. The molecule has 0 bridgehead atoms. The molecular formula is C23H23NO5. The number of benzene rings is 2. The highest BCUT2D eigenvalue weighted by atomic mass is 16.7. The van der Waals surface area contributed by atoms with Gasteiger partial charge >= 0.3 is 5.63 Å². The average Bonchev–Trinajstić information content (AvgIpc) is 3.17. The second-order valence-corrected chi connectivity index (χ2v) is 7.66. The molecule has 2 aliphatic rings. The zero-order valence-corrected chi connectivity index (χ0v) is 16.8. The van der Waals surface area contributed by atoms with Crippen LogP contribution in [0.2, 0.25) is 0 Å². The normalized spacial score (nSPS) is 15.4. The van der Waals surface area contributed by atoms with Gasteiger partial charge in [0.15, 0.2) is 11.5 Å². The van der Waals surface area contributed by atoms with Gasteiger partial charge in [-0.15, -0.1) is 0 Å². The van der Waals surface area contributed by atoms with Crippen molar-refractivity contribution in [1.82, 2.24) is 4.90 Å². The first-order chi connectivity index (χ1) is 14.0. The van der Waals surface area contributed by atoms with Gasteiger partial charge in [0.05, 0.1) is 0 Å². The predicted octanol–water partition coefficient (Wildman–Crippen LogP) is 4.05. The third kappa shape index (κ3) is 2.95. The first-order valence-corrected chi connectivity index (χ1v) is 9.87. The number of nitrogens with zero attached hydrogens (tertiary/aromatic N) is 1. The second-order valence-electron chi connectivity index (χ2n) is 7.66. The van der Waals surface area contributed by atoms with Crippen LogP contribution >= 0.6 is 0 Å². The molecule has 0 aliphatic carbocycles. The quantitative estimate of drug-likeness (QED) is 0.626. The fourth-order valence-corrected chi connectivity index (χ4v) is 4.30. The van der Waals surface area contributed by atoms with Crippen molar-refractivity contribution in [2.24, 2.45) is 0 Å². The zero-order chi connectivity index (χ0) is 20.1. The lowest BCUT2D eigenvalue weighted by atomic mass is 9.98. The van der Waals surface area contributed by atoms with E-state index in [2.05, 4.69) is 17.0 Å². The van der Waals surface area contributed by atoms with Crippen molar-refractivity contribution in [2.75, 3.05) is 13.5 Å². The minimum Gasteiger partial charge on any atom is -0.477 e. The van der Waals surface area contributed by atoms with E-state index in [1.165, 1.54) is 0 Å². The van der Waals surface area contributed by atoms with Crippen molar-refractivity contribution >= 4 is 11.0 Å². The molecular weight excluding hydrogens is 370 g/mol. The number of aryl methyl sites for hydroxylation is 2. The van der Waals surface area contributed by atoms with Gasteiger partial charge < -0.3 is 18.6 Å². The van der Waals surface area contributed by atoms with Crippen LogP contribution in [0.5, 0.6) is 17.2 Å². The van der Waals surface area contributed by atoms with Crippen LogP contribution in [0, 0.1) is 13.8 Å². The number of hydrogen-bond donors (Lipinski definition) is 0. The molecule has 6 heteroatoms. The molecule has 0 N–H and O–H groups in total. The van der Waals surface area contributed by atoms with E-state index in [9.17, 15) is 4.79 Å². The van der Waals surface area contributed by atoms with E-state index in [1.54, 1.807) is 0 Å². The van der Waals surface area contributed by atoms with Gasteiger partial charge in [0.1, 0.15) is 18.1 Å². The van der Waals surface area contributed by atoms with Gasteiger partial charge in [-0.25, -0.2) is 4.79 Å². The standard InChI is InChI=1S/C23H23NO5/c1-4-17-13(2)18-8-16-10-24(9-15-5-6-19-20(7-15)28-12-27-19)11-26-21(16)14(3)22(18)29-23(17)25/h5-8H,4,9-12H2,1-3H3. The van der Waals surface area contributed by atoms with Crippen molar-refractivity contribution in [3.05, 3.63) is 62.5 Å². The van der Waals surface area contributed by atoms with Gasteiger partial charge in [-0.3, -0.25) is 4.90 Å². The summed E-state index contributed by atoms with van der Waals surface area (Å²) in [4.78, 5) is 14.5. The monoisotopic (exact) mass is 393 g/mol. The minimum atomic E-state index is -0.249. The molecule has 0 radical (unpaired) electrons. The summed E-state index contributed by atoms with van der Waals surface area (Å²) in [6.45, 7) is 8.20. The third-order valence-corrected chi connectivity index (χ3v) is 5.82. The van der Waals surface area contributed by atoms with Crippen molar-refractivity contribution in [2.45, 2.75) is 40.3 Å². The molecule has 3 aromatic rings. The molecule has 29 heavy (non-hydrogen) atoms. The molecule has 2 aromatic carbocycles. The summed E-state index contributed by atoms with van der Waals surface area (Å²) in [5.74, 6) is 2.41. The maximum absolute atomic E-state index is 12.3. The first-order valence-electron chi connectivity index (χ1n) is 9.87. The molecule has 5 rings (SSSR count). The van der Waals surface area contributed by atoms with E-state index in [0.29, 0.717) is 18.7 Å². The number of fused-ring (bicyclic) bond motifs is 3. The third-order valence-electron chi connectivity index (χ3n) is 5.82. The maximum Gasteiger partial charge on any atom is 0.339 e. The van der Waals surface area contributed by atoms with Gasteiger partial charge in [0, 0.05) is 35.2 Å². The highest BCUT2D eigenvalue weighted by Gasteiger charge is 2.24. The second kappa shape index (κ2) is 6.81. The van der Waals surface area contributed by atoms with E-state index in [1.807, 2.05) is 32.9 Å². The largest absolute Gasteiger partial charge is 0.477 e. The van der Waals surface area contributed by atoms with Crippen LogP contribution in [0.1, 0.15) is 34.7 Å². The molecule has 150 valence electrons. The summed E-state index contributed by atoms with van der Waals surface area (Å²) in [7, 11) is 0. The lowest BCUT2D eigenvalue weighted by Crippen LogP contribution is -2.32. The molecule has 6 nitrogen and oxygen atoms in total. The van der Waals surface area contributed by atoms with Gasteiger partial charge in [0.25, 0.3) is 0 Å². The number of rotatable bonds is 3. The fourth-order valence-electron chi connectivity index (χ4n) is 4.30. The van der Waals surface area contributed by atoms with Crippen LogP contribution < -0.4 is 19.8 Å². The van der Waals surface area contributed by atoms with Crippen LogP contribution in [0.3, 0.4) is 0 Å². The molecule has 0 spiro atoms. The molecule has 0 atom stereocenters. The van der Waals surface area contributed by atoms with Crippen LogP contribution in [0.4, 0.5) is 0 Å². The minimum absolute atomic E-state index is 0.249. The number of ether oxygens (including phenoxy) is 3. The number of hydrogen-bond acceptors (Lipinski definition) is 6. The van der Waals surface area contributed by atoms with Gasteiger partial charge in [-0.1, -0.05) is 13.0 Å². The molecule has 0 unspecified atom stereocenters. The topological polar surface area (TPSA) is 61.1 Å². The van der Waals surface area contributed by atoms with Crippen LogP contribution in [0.15, 0.2) is 33.5 Å². The summed E-state index contributed by atoms with van der Waals surface area (Å²) >= 11 is 0. The molecule has 0 amide bonds. The van der Waals surface area contributed by atoms with Crippen LogP contribution in [0.25, 0.3) is 11.0 Å². The zero-order valence-electron chi connectivity index (χ0n) is 16.8. The average molecular weight is 393 g/mol. The Bertz CT molecular complexity index is 1180. The predicted molar refractivity (Wildman–Crippen MR) is 109 cm³/mol. The fraction of sp³-hybridized carbons (Fsp3) is 0.348. The Hall–Kier alpha value is -2.99. The smallest absolute Gasteiger partial charge is 0.339 e. The summed E-state index contributed by atoms with van der Waals surface area (Å²) in [6.07, 6.45) is 0.660. The van der Waals surface area contributed by atoms with Crippen molar-refractivity contribution in [1.29, 1.82) is 0 Å². The van der Waals surface area contributed by atoms with Crippen molar-refractivity contribution < 1.29 is 18.6 Å². The first kappa shape index (κ1) is 18.1. The lowest BCUT2D eigenvalue weighted by Gasteiger charge is -2.30. The van der Waals surface area contributed by atoms with Crippen molar-refractivity contribution in [3.63, 3.8) is 0 Å². The maximum atomic E-state index is 12.3.